The van der Waals surface area contributed by atoms with Gasteiger partial charge in [0, 0.05) is 19.5 Å². The van der Waals surface area contributed by atoms with Crippen LogP contribution in [0.4, 0.5) is 13.2 Å². The number of nitrogens with zero attached hydrogens (tertiary/aromatic N) is 1. The third-order valence-corrected chi connectivity index (χ3v) is 4.06. The van der Waals surface area contributed by atoms with Gasteiger partial charge in [-0.1, -0.05) is 17.7 Å². The summed E-state index contributed by atoms with van der Waals surface area (Å²) >= 11 is 5.65. The predicted molar refractivity (Wildman–Crippen MR) is 86.8 cm³/mol. The van der Waals surface area contributed by atoms with Gasteiger partial charge in [0.15, 0.2) is 0 Å². The van der Waals surface area contributed by atoms with E-state index >= 15 is 0 Å². The van der Waals surface area contributed by atoms with Crippen LogP contribution in [0.15, 0.2) is 29.5 Å². The molecule has 0 bridgehead atoms. The summed E-state index contributed by atoms with van der Waals surface area (Å²) in [6.45, 7) is -0.851. The average molecular weight is 407 g/mol. The number of hydrogen-bond donors (Lipinski definition) is 3. The number of aliphatic hydroxyl groups excluding tert-OH is 1. The summed E-state index contributed by atoms with van der Waals surface area (Å²) in [6, 6.07) is 3.02. The van der Waals surface area contributed by atoms with Crippen LogP contribution in [0, 0.1) is 0 Å². The van der Waals surface area contributed by atoms with Crippen molar-refractivity contribution in [3.05, 3.63) is 45.7 Å². The Morgan fingerprint density at radius 1 is 1.30 bits per heavy atom. The Labute approximate surface area is 156 Å². The molecule has 1 aliphatic heterocycles. The first-order valence-electron chi connectivity index (χ1n) is 7.57. The van der Waals surface area contributed by atoms with E-state index in [0.29, 0.717) is 5.56 Å². The number of aliphatic carboxylic acids is 1. The van der Waals surface area contributed by atoms with Gasteiger partial charge in [-0.2, -0.15) is 13.2 Å². The third kappa shape index (κ3) is 4.91. The van der Waals surface area contributed by atoms with Gasteiger partial charge in [0.25, 0.3) is 11.8 Å². The molecule has 11 heteroatoms. The Bertz CT molecular complexity index is 823. The lowest BCUT2D eigenvalue weighted by Crippen LogP contribution is -2.43. The molecule has 27 heavy (non-hydrogen) atoms. The molecule has 2 amide bonds. The fourth-order valence-electron chi connectivity index (χ4n) is 2.48. The SMILES string of the molecule is O=C(O)CNC(=O)C1=C(O)CCN(Cc2ccc(C(F)(F)F)c(Cl)c2)C1=O. The van der Waals surface area contributed by atoms with E-state index in [2.05, 4.69) is 0 Å². The number of carboxylic acid groups (broad SMARTS) is 1. The molecular weight excluding hydrogens is 393 g/mol. The van der Waals surface area contributed by atoms with Crippen molar-refractivity contribution in [2.45, 2.75) is 19.1 Å². The summed E-state index contributed by atoms with van der Waals surface area (Å²) in [5, 5.41) is 19.8. The molecule has 0 atom stereocenters. The lowest BCUT2D eigenvalue weighted by molar-refractivity contribution is -0.138. The maximum absolute atomic E-state index is 12.7. The van der Waals surface area contributed by atoms with Gasteiger partial charge < -0.3 is 20.4 Å². The van der Waals surface area contributed by atoms with Crippen LogP contribution in [0.2, 0.25) is 5.02 Å². The minimum absolute atomic E-state index is 0.0268. The molecule has 0 spiro atoms. The van der Waals surface area contributed by atoms with E-state index in [0.717, 1.165) is 23.1 Å². The topological polar surface area (TPSA) is 107 Å². The number of carboxylic acids is 1. The first kappa shape index (κ1) is 20.6. The minimum atomic E-state index is -4.61. The summed E-state index contributed by atoms with van der Waals surface area (Å²) in [5.74, 6) is -3.72. The maximum Gasteiger partial charge on any atom is 0.417 e. The van der Waals surface area contributed by atoms with Crippen LogP contribution in [0.25, 0.3) is 0 Å². The molecule has 0 saturated heterocycles. The maximum atomic E-state index is 12.7. The van der Waals surface area contributed by atoms with Crippen molar-refractivity contribution >= 4 is 29.4 Å². The molecule has 3 N–H and O–H groups in total. The molecule has 0 unspecified atom stereocenters. The van der Waals surface area contributed by atoms with Crippen LogP contribution in [0.1, 0.15) is 17.5 Å². The molecule has 1 aromatic rings. The fraction of sp³-hybridized carbons (Fsp3) is 0.312. The quantitative estimate of drug-likeness (QED) is 0.649. The molecule has 1 aliphatic rings. The van der Waals surface area contributed by atoms with E-state index in [9.17, 15) is 32.7 Å². The van der Waals surface area contributed by atoms with Gasteiger partial charge >= 0.3 is 12.1 Å². The van der Waals surface area contributed by atoms with Crippen molar-refractivity contribution in [3.63, 3.8) is 0 Å². The van der Waals surface area contributed by atoms with Crippen molar-refractivity contribution < 1.29 is 37.8 Å². The number of aliphatic hydroxyl groups is 1. The van der Waals surface area contributed by atoms with E-state index in [1.54, 1.807) is 0 Å². The number of benzene rings is 1. The molecule has 0 saturated carbocycles. The molecule has 146 valence electrons. The predicted octanol–water partition coefficient (Wildman–Crippen LogP) is 2.10. The van der Waals surface area contributed by atoms with Gasteiger partial charge in [-0.25, -0.2) is 0 Å². The number of hydrogen-bond acceptors (Lipinski definition) is 4. The summed E-state index contributed by atoms with van der Waals surface area (Å²) in [5.41, 5.74) is -1.31. The first-order valence-corrected chi connectivity index (χ1v) is 7.95. The standard InChI is InChI=1S/C16H14ClF3N2O5/c17-10-5-8(1-2-9(10)16(18,19)20)7-22-4-3-11(23)13(15(22)27)14(26)21-6-12(24)25/h1-2,5,23H,3-4,6-7H2,(H,21,26)(H,24,25). The minimum Gasteiger partial charge on any atom is -0.511 e. The second-order valence-corrected chi connectivity index (χ2v) is 6.09. The molecule has 1 aromatic carbocycles. The molecular formula is C16H14ClF3N2O5. The van der Waals surface area contributed by atoms with Crippen LogP contribution in [0.3, 0.4) is 0 Å². The highest BCUT2D eigenvalue weighted by Crippen LogP contribution is 2.35. The lowest BCUT2D eigenvalue weighted by atomic mass is 10.0. The van der Waals surface area contributed by atoms with E-state index in [-0.39, 0.29) is 19.5 Å². The Morgan fingerprint density at radius 3 is 2.52 bits per heavy atom. The molecule has 0 aromatic heterocycles. The summed E-state index contributed by atoms with van der Waals surface area (Å²) in [4.78, 5) is 36.0. The zero-order chi connectivity index (χ0) is 20.4. The Morgan fingerprint density at radius 2 is 1.96 bits per heavy atom. The fourth-order valence-corrected chi connectivity index (χ4v) is 2.79. The third-order valence-electron chi connectivity index (χ3n) is 3.75. The smallest absolute Gasteiger partial charge is 0.417 e. The molecule has 0 fully saturated rings. The summed E-state index contributed by atoms with van der Waals surface area (Å²) < 4.78 is 38.2. The number of halogens is 4. The molecule has 2 rings (SSSR count). The monoisotopic (exact) mass is 406 g/mol. The highest BCUT2D eigenvalue weighted by molar-refractivity contribution is 6.31. The van der Waals surface area contributed by atoms with Crippen molar-refractivity contribution in [1.29, 1.82) is 0 Å². The lowest BCUT2D eigenvalue weighted by Gasteiger charge is -2.28. The van der Waals surface area contributed by atoms with Gasteiger partial charge in [0.2, 0.25) is 0 Å². The van der Waals surface area contributed by atoms with Crippen LogP contribution in [0.5, 0.6) is 0 Å². The van der Waals surface area contributed by atoms with Crippen LogP contribution >= 0.6 is 11.6 Å². The van der Waals surface area contributed by atoms with Gasteiger partial charge in [-0.15, -0.1) is 0 Å². The molecule has 0 aliphatic carbocycles. The van der Waals surface area contributed by atoms with E-state index in [1.165, 1.54) is 0 Å². The van der Waals surface area contributed by atoms with Crippen LogP contribution in [-0.2, 0) is 27.1 Å². The first-order chi connectivity index (χ1) is 12.5. The Hall–Kier alpha value is -2.75. The Balaban J connectivity index is 2.17. The summed E-state index contributed by atoms with van der Waals surface area (Å²) in [6.07, 6.45) is -4.67. The Kier molecular flexibility index (Phi) is 5.99. The zero-order valence-corrected chi connectivity index (χ0v) is 14.4. The van der Waals surface area contributed by atoms with Crippen molar-refractivity contribution in [2.24, 2.45) is 0 Å². The largest absolute Gasteiger partial charge is 0.511 e. The number of amides is 2. The van der Waals surface area contributed by atoms with Gasteiger partial charge in [0.1, 0.15) is 17.9 Å². The number of carbonyl (C=O) groups excluding carboxylic acids is 2. The zero-order valence-electron chi connectivity index (χ0n) is 13.6. The highest BCUT2D eigenvalue weighted by Gasteiger charge is 2.34. The highest BCUT2D eigenvalue weighted by atomic mass is 35.5. The second kappa shape index (κ2) is 7.87. The van der Waals surface area contributed by atoms with E-state index in [1.807, 2.05) is 5.32 Å². The summed E-state index contributed by atoms with van der Waals surface area (Å²) in [7, 11) is 0. The van der Waals surface area contributed by atoms with Crippen molar-refractivity contribution in [3.8, 4) is 0 Å². The average Bonchev–Trinajstić information content (AvgIpc) is 2.54. The van der Waals surface area contributed by atoms with Crippen LogP contribution in [-0.4, -0.2) is 46.0 Å². The number of rotatable bonds is 5. The molecule has 1 heterocycles. The number of nitrogens with one attached hydrogen (secondary N) is 1. The van der Waals surface area contributed by atoms with E-state index in [4.69, 9.17) is 16.7 Å². The number of carbonyl (C=O) groups is 3. The van der Waals surface area contributed by atoms with Gasteiger partial charge in [-0.3, -0.25) is 14.4 Å². The van der Waals surface area contributed by atoms with Crippen molar-refractivity contribution in [2.75, 3.05) is 13.1 Å². The molecule has 0 radical (unpaired) electrons. The number of alkyl halides is 3. The van der Waals surface area contributed by atoms with Gasteiger partial charge in [-0.05, 0) is 17.7 Å². The van der Waals surface area contributed by atoms with E-state index < -0.39 is 52.4 Å². The van der Waals surface area contributed by atoms with Crippen molar-refractivity contribution in [1.82, 2.24) is 10.2 Å². The second-order valence-electron chi connectivity index (χ2n) is 5.69. The van der Waals surface area contributed by atoms with Gasteiger partial charge in [0.05, 0.1) is 10.6 Å². The molecule has 7 nitrogen and oxygen atoms in total. The normalized spacial score (nSPS) is 15.1. The van der Waals surface area contributed by atoms with Crippen LogP contribution < -0.4 is 5.32 Å².